The lowest BCUT2D eigenvalue weighted by molar-refractivity contribution is -0.228. The molecule has 1 aromatic carbocycles. The zero-order valence-electron chi connectivity index (χ0n) is 17.0. The lowest BCUT2D eigenvalue weighted by Gasteiger charge is -2.35. The van der Waals surface area contributed by atoms with Gasteiger partial charge in [0.05, 0.1) is 11.8 Å². The van der Waals surface area contributed by atoms with E-state index in [-0.39, 0.29) is 6.42 Å². The van der Waals surface area contributed by atoms with Crippen molar-refractivity contribution in [3.63, 3.8) is 0 Å². The van der Waals surface area contributed by atoms with Crippen molar-refractivity contribution in [1.82, 2.24) is 5.32 Å². The molecule has 1 fully saturated rings. The summed E-state index contributed by atoms with van der Waals surface area (Å²) < 4.78 is 10.9. The Morgan fingerprint density at radius 1 is 1.22 bits per heavy atom. The van der Waals surface area contributed by atoms with Crippen molar-refractivity contribution in [2.75, 3.05) is 19.4 Å². The summed E-state index contributed by atoms with van der Waals surface area (Å²) >= 11 is 0. The molecule has 0 saturated carbocycles. The first-order chi connectivity index (χ1) is 13.0. The molecule has 0 radical (unpaired) electrons. The highest BCUT2D eigenvalue weighted by molar-refractivity contribution is 5.73. The number of hydrogen-bond donors (Lipinski definition) is 5. The van der Waals surface area contributed by atoms with Crippen LogP contribution in [0.3, 0.4) is 0 Å². The van der Waals surface area contributed by atoms with Gasteiger partial charge in [0.15, 0.2) is 6.10 Å². The van der Waals surface area contributed by atoms with Gasteiger partial charge in [-0.05, 0) is 24.7 Å². The van der Waals surface area contributed by atoms with Crippen LogP contribution in [0.4, 0.5) is 5.69 Å². The highest BCUT2D eigenvalue weighted by atomic mass is 16.7. The van der Waals surface area contributed by atoms with Crippen molar-refractivity contribution >= 4 is 11.7 Å². The van der Waals surface area contributed by atoms with Crippen molar-refractivity contribution in [3.8, 4) is 5.75 Å². The number of carboxylic acid groups (broad SMARTS) is 1. The molecule has 8 nitrogen and oxygen atoms in total. The molecule has 1 heterocycles. The predicted molar refractivity (Wildman–Crippen MR) is 105 cm³/mol. The van der Waals surface area contributed by atoms with Gasteiger partial charge in [-0.1, -0.05) is 33.8 Å². The van der Waals surface area contributed by atoms with Gasteiger partial charge in [0.1, 0.15) is 11.9 Å². The second-order valence-electron chi connectivity index (χ2n) is 5.35. The Labute approximate surface area is 161 Å². The first-order valence-corrected chi connectivity index (χ1v) is 9.32. The third kappa shape index (κ3) is 7.34. The molecule has 1 aliphatic heterocycles. The zero-order valence-corrected chi connectivity index (χ0v) is 17.0. The molecule has 0 aliphatic carbocycles. The Bertz CT molecular complexity index is 555. The Morgan fingerprint density at radius 3 is 2.37 bits per heavy atom. The molecule has 8 heteroatoms. The maximum atomic E-state index is 11.1. The van der Waals surface area contributed by atoms with E-state index in [1.54, 1.807) is 13.1 Å². The molecule has 5 N–H and O–H groups in total. The first kappa shape index (κ1) is 25.1. The fourth-order valence-electron chi connectivity index (χ4n) is 2.45. The van der Waals surface area contributed by atoms with Crippen molar-refractivity contribution in [2.45, 2.75) is 65.3 Å². The molecule has 156 valence electrons. The summed E-state index contributed by atoms with van der Waals surface area (Å²) in [6.07, 6.45) is -5.21. The lowest BCUT2D eigenvalue weighted by Crippen LogP contribution is -2.53. The van der Waals surface area contributed by atoms with E-state index in [2.05, 4.69) is 10.6 Å². The average molecular weight is 386 g/mol. The third-order valence-electron chi connectivity index (χ3n) is 3.63. The third-order valence-corrected chi connectivity index (χ3v) is 3.63. The number of benzene rings is 1. The van der Waals surface area contributed by atoms with E-state index >= 15 is 0 Å². The molecule has 4 atom stereocenters. The van der Waals surface area contributed by atoms with Crippen molar-refractivity contribution in [1.29, 1.82) is 0 Å². The summed E-state index contributed by atoms with van der Waals surface area (Å²) in [4.78, 5) is 11.1. The summed E-state index contributed by atoms with van der Waals surface area (Å²) in [5, 5.41) is 34.5. The largest absolute Gasteiger partial charge is 0.479 e. The van der Waals surface area contributed by atoms with Gasteiger partial charge in [-0.2, -0.15) is 0 Å². The average Bonchev–Trinajstić information content (AvgIpc) is 2.68. The second-order valence-corrected chi connectivity index (χ2v) is 5.35. The van der Waals surface area contributed by atoms with Gasteiger partial charge < -0.3 is 35.4 Å². The van der Waals surface area contributed by atoms with E-state index in [9.17, 15) is 15.0 Å². The molecule has 1 aromatic rings. The van der Waals surface area contributed by atoms with Crippen LogP contribution in [-0.4, -0.2) is 60.0 Å². The fraction of sp³-hybridized carbons (Fsp3) is 0.632. The van der Waals surface area contributed by atoms with Crippen LogP contribution >= 0.6 is 0 Å². The summed E-state index contributed by atoms with van der Waals surface area (Å²) in [5.74, 6) is -0.867. The number of aliphatic hydroxyl groups excluding tert-OH is 2. The van der Waals surface area contributed by atoms with E-state index in [4.69, 9.17) is 14.6 Å². The van der Waals surface area contributed by atoms with Gasteiger partial charge in [0, 0.05) is 20.0 Å². The second kappa shape index (κ2) is 13.3. The number of anilines is 1. The molecule has 0 amide bonds. The van der Waals surface area contributed by atoms with Crippen molar-refractivity contribution in [2.24, 2.45) is 0 Å². The van der Waals surface area contributed by atoms with Crippen LogP contribution in [0.25, 0.3) is 0 Å². The van der Waals surface area contributed by atoms with Crippen LogP contribution in [-0.2, 0) is 16.1 Å². The predicted octanol–water partition coefficient (Wildman–Crippen LogP) is 1.80. The lowest BCUT2D eigenvalue weighted by atomic mass is 10.0. The topological polar surface area (TPSA) is 120 Å². The van der Waals surface area contributed by atoms with Gasteiger partial charge in [-0.15, -0.1) is 0 Å². The standard InChI is InChI=1S/C15H22N2O6.2C2H6/c1-16-7-8-3-4-11(9(5-8)17-2)22-12-6-10(18)13(19)14(23-12)15(20)21;2*1-2/h3-5,10,12-14,16-19H,6-7H2,1-2H3,(H,20,21);2*1-2H3/t10?,12?,13-,14?;;/m0../s1. The van der Waals surface area contributed by atoms with E-state index < -0.39 is 30.6 Å². The zero-order chi connectivity index (χ0) is 21.0. The minimum absolute atomic E-state index is 0.0215. The van der Waals surface area contributed by atoms with Gasteiger partial charge >= 0.3 is 5.97 Å². The highest BCUT2D eigenvalue weighted by Crippen LogP contribution is 2.30. The molecule has 0 aromatic heterocycles. The molecule has 1 aliphatic rings. The Balaban J connectivity index is 0.00000158. The van der Waals surface area contributed by atoms with Crippen LogP contribution in [0.5, 0.6) is 5.75 Å². The van der Waals surface area contributed by atoms with E-state index in [1.165, 1.54) is 0 Å². The normalized spacial score (nSPS) is 23.9. The number of ether oxygens (including phenoxy) is 2. The number of nitrogens with one attached hydrogen (secondary N) is 2. The molecule has 0 bridgehead atoms. The highest BCUT2D eigenvalue weighted by Gasteiger charge is 2.42. The van der Waals surface area contributed by atoms with Crippen LogP contribution in [0.1, 0.15) is 39.7 Å². The maximum absolute atomic E-state index is 11.1. The number of aliphatic hydroxyl groups is 2. The van der Waals surface area contributed by atoms with Gasteiger partial charge in [-0.3, -0.25) is 0 Å². The molecule has 27 heavy (non-hydrogen) atoms. The maximum Gasteiger partial charge on any atom is 0.335 e. The summed E-state index contributed by atoms with van der Waals surface area (Å²) in [5.41, 5.74) is 1.77. The summed E-state index contributed by atoms with van der Waals surface area (Å²) in [7, 11) is 3.59. The van der Waals surface area contributed by atoms with Gasteiger partial charge in [0.2, 0.25) is 6.29 Å². The summed E-state index contributed by atoms with van der Waals surface area (Å²) in [6, 6.07) is 5.51. The van der Waals surface area contributed by atoms with Crippen LogP contribution in [0.15, 0.2) is 18.2 Å². The number of hydrogen-bond acceptors (Lipinski definition) is 7. The molecule has 0 spiro atoms. The van der Waals surface area contributed by atoms with Crippen molar-refractivity contribution in [3.05, 3.63) is 23.8 Å². The number of carboxylic acids is 1. The Kier molecular flexibility index (Phi) is 12.4. The molecule has 2 rings (SSSR count). The monoisotopic (exact) mass is 386 g/mol. The van der Waals surface area contributed by atoms with Gasteiger partial charge in [0.25, 0.3) is 0 Å². The first-order valence-electron chi connectivity index (χ1n) is 9.32. The fourth-order valence-corrected chi connectivity index (χ4v) is 2.45. The number of aliphatic carboxylic acids is 1. The molecular weight excluding hydrogens is 352 g/mol. The SMILES string of the molecule is CC.CC.CNCc1ccc(OC2CC(O)[C@H](O)C(C(=O)O)O2)c(NC)c1. The molecular formula is C19H34N2O6. The molecule has 3 unspecified atom stereocenters. The molecule has 1 saturated heterocycles. The van der Waals surface area contributed by atoms with E-state index in [1.807, 2.05) is 46.9 Å². The Hall–Kier alpha value is -1.87. The van der Waals surface area contributed by atoms with Crippen LogP contribution in [0.2, 0.25) is 0 Å². The van der Waals surface area contributed by atoms with Crippen LogP contribution < -0.4 is 15.4 Å². The number of carbonyl (C=O) groups is 1. The minimum atomic E-state index is -1.52. The Morgan fingerprint density at radius 2 is 1.85 bits per heavy atom. The van der Waals surface area contributed by atoms with E-state index in [0.717, 1.165) is 5.56 Å². The summed E-state index contributed by atoms with van der Waals surface area (Å²) in [6.45, 7) is 8.70. The minimum Gasteiger partial charge on any atom is -0.479 e. The van der Waals surface area contributed by atoms with Crippen molar-refractivity contribution < 1.29 is 29.6 Å². The smallest absolute Gasteiger partial charge is 0.335 e. The van der Waals surface area contributed by atoms with Gasteiger partial charge in [-0.25, -0.2) is 4.79 Å². The van der Waals surface area contributed by atoms with Crippen LogP contribution in [0, 0.1) is 0 Å². The number of rotatable bonds is 6. The quantitative estimate of drug-likeness (QED) is 0.502. The van der Waals surface area contributed by atoms with E-state index in [0.29, 0.717) is 18.0 Å².